The van der Waals surface area contributed by atoms with E-state index in [9.17, 15) is 9.59 Å². The molecule has 3 amide bonds. The van der Waals surface area contributed by atoms with E-state index in [0.717, 1.165) is 33.2 Å². The van der Waals surface area contributed by atoms with Crippen LogP contribution in [0.5, 0.6) is 0 Å². The summed E-state index contributed by atoms with van der Waals surface area (Å²) in [5.41, 5.74) is 4.76. The topological polar surface area (TPSA) is 70.2 Å². The lowest BCUT2D eigenvalue weighted by Crippen LogP contribution is -2.46. The molecule has 5 heteroatoms. The summed E-state index contributed by atoms with van der Waals surface area (Å²) in [6.07, 6.45) is 0. The summed E-state index contributed by atoms with van der Waals surface area (Å²) in [6, 6.07) is 19.0. The second-order valence-electron chi connectivity index (χ2n) is 7.41. The van der Waals surface area contributed by atoms with Crippen LogP contribution in [0.4, 0.5) is 10.5 Å². The van der Waals surface area contributed by atoms with Crippen LogP contribution in [-0.2, 0) is 4.79 Å². The molecule has 0 saturated heterocycles. The zero-order valence-electron chi connectivity index (χ0n) is 16.7. The van der Waals surface area contributed by atoms with Gasteiger partial charge in [-0.1, -0.05) is 54.6 Å². The van der Waals surface area contributed by atoms with Crippen LogP contribution in [0.1, 0.15) is 29.7 Å². The Hall–Kier alpha value is -3.60. The molecule has 146 valence electrons. The minimum absolute atomic E-state index is 0.235. The van der Waals surface area contributed by atoms with Crippen LogP contribution in [-0.4, -0.2) is 11.9 Å². The van der Waals surface area contributed by atoms with Crippen molar-refractivity contribution in [2.24, 2.45) is 0 Å². The van der Waals surface area contributed by atoms with Gasteiger partial charge in [0.1, 0.15) is 0 Å². The molecular weight excluding hydrogens is 362 g/mol. The molecule has 0 fully saturated rings. The fourth-order valence-electron chi connectivity index (χ4n) is 3.79. The molecule has 0 aliphatic carbocycles. The number of hydrogen-bond acceptors (Lipinski definition) is 2. The number of benzene rings is 3. The molecule has 1 heterocycles. The van der Waals surface area contributed by atoms with E-state index < -0.39 is 6.04 Å². The number of hydrogen-bond donors (Lipinski definition) is 3. The predicted octanol–water partition coefficient (Wildman–Crippen LogP) is 4.72. The van der Waals surface area contributed by atoms with Gasteiger partial charge in [-0.15, -0.1) is 0 Å². The number of aryl methyl sites for hydroxylation is 2. The Balaban J connectivity index is 1.78. The van der Waals surface area contributed by atoms with Gasteiger partial charge in [-0.2, -0.15) is 0 Å². The van der Waals surface area contributed by atoms with Gasteiger partial charge in [-0.3, -0.25) is 4.79 Å². The lowest BCUT2D eigenvalue weighted by atomic mass is 9.91. The minimum atomic E-state index is -0.542. The summed E-state index contributed by atoms with van der Waals surface area (Å²) >= 11 is 0. The first-order valence-electron chi connectivity index (χ1n) is 9.58. The predicted molar refractivity (Wildman–Crippen MR) is 116 cm³/mol. The van der Waals surface area contributed by atoms with Crippen LogP contribution in [0.15, 0.2) is 71.9 Å². The summed E-state index contributed by atoms with van der Waals surface area (Å²) in [6.45, 7) is 5.70. The van der Waals surface area contributed by atoms with Gasteiger partial charge >= 0.3 is 6.03 Å². The molecule has 0 aromatic heterocycles. The third kappa shape index (κ3) is 3.59. The minimum Gasteiger partial charge on any atom is -0.327 e. The molecule has 0 unspecified atom stereocenters. The van der Waals surface area contributed by atoms with Gasteiger partial charge in [0, 0.05) is 11.4 Å². The van der Waals surface area contributed by atoms with E-state index in [0.29, 0.717) is 11.3 Å². The highest BCUT2D eigenvalue weighted by Crippen LogP contribution is 2.32. The van der Waals surface area contributed by atoms with E-state index >= 15 is 0 Å². The smallest absolute Gasteiger partial charge is 0.319 e. The Bertz CT molecular complexity index is 1160. The molecule has 0 bridgehead atoms. The van der Waals surface area contributed by atoms with Crippen LogP contribution >= 0.6 is 0 Å². The van der Waals surface area contributed by atoms with E-state index in [2.05, 4.69) is 16.0 Å². The Morgan fingerprint density at radius 1 is 0.966 bits per heavy atom. The number of amides is 3. The molecule has 0 radical (unpaired) electrons. The van der Waals surface area contributed by atoms with E-state index in [1.807, 2.05) is 74.5 Å². The molecule has 0 saturated carbocycles. The van der Waals surface area contributed by atoms with Crippen molar-refractivity contribution in [3.05, 3.63) is 88.6 Å². The molecule has 3 aromatic carbocycles. The van der Waals surface area contributed by atoms with Crippen molar-refractivity contribution in [2.45, 2.75) is 26.8 Å². The van der Waals surface area contributed by atoms with Crippen molar-refractivity contribution < 1.29 is 9.59 Å². The number of carbonyl (C=O) groups is 2. The first kappa shape index (κ1) is 18.7. The maximum atomic E-state index is 13.3. The highest BCUT2D eigenvalue weighted by molar-refractivity contribution is 6.07. The zero-order chi connectivity index (χ0) is 20.5. The zero-order valence-corrected chi connectivity index (χ0v) is 16.7. The molecule has 3 N–H and O–H groups in total. The number of rotatable bonds is 3. The Morgan fingerprint density at radius 2 is 1.72 bits per heavy atom. The van der Waals surface area contributed by atoms with E-state index in [1.54, 1.807) is 6.92 Å². The molecule has 1 aliphatic heterocycles. The molecule has 5 nitrogen and oxygen atoms in total. The number of urea groups is 1. The normalized spacial score (nSPS) is 16.4. The van der Waals surface area contributed by atoms with E-state index in [1.165, 1.54) is 0 Å². The van der Waals surface area contributed by atoms with Gasteiger partial charge in [-0.05, 0) is 54.3 Å². The summed E-state index contributed by atoms with van der Waals surface area (Å²) < 4.78 is 0. The Labute approximate surface area is 169 Å². The number of nitrogens with one attached hydrogen (secondary N) is 3. The average molecular weight is 385 g/mol. The van der Waals surface area contributed by atoms with Gasteiger partial charge in [0.2, 0.25) is 0 Å². The fourth-order valence-corrected chi connectivity index (χ4v) is 3.79. The number of anilines is 1. The summed E-state index contributed by atoms with van der Waals surface area (Å²) in [4.78, 5) is 25.5. The standard InChI is InChI=1S/C24H23N3O2/c1-14-11-12-15(2)20(13-14)26-23(28)21-16(3)25-24(29)27-22(21)19-10-6-8-17-7-4-5-9-18(17)19/h4-13,22H,1-3H3,(H,26,28)(H2,25,27,29)/t22-/m0/s1. The lowest BCUT2D eigenvalue weighted by Gasteiger charge is -2.29. The van der Waals surface area contributed by atoms with E-state index in [4.69, 9.17) is 0 Å². The van der Waals surface area contributed by atoms with Crippen molar-refractivity contribution in [2.75, 3.05) is 5.32 Å². The van der Waals surface area contributed by atoms with Gasteiger partial charge in [0.05, 0.1) is 11.6 Å². The molecule has 1 aliphatic rings. The monoisotopic (exact) mass is 385 g/mol. The van der Waals surface area contributed by atoms with Crippen molar-refractivity contribution in [1.82, 2.24) is 10.6 Å². The highest BCUT2D eigenvalue weighted by Gasteiger charge is 2.32. The highest BCUT2D eigenvalue weighted by atomic mass is 16.2. The van der Waals surface area contributed by atoms with E-state index in [-0.39, 0.29) is 11.9 Å². The van der Waals surface area contributed by atoms with Crippen LogP contribution in [0.3, 0.4) is 0 Å². The van der Waals surface area contributed by atoms with Crippen LogP contribution in [0, 0.1) is 13.8 Å². The quantitative estimate of drug-likeness (QED) is 0.610. The molecular formula is C24H23N3O2. The summed E-state index contributed by atoms with van der Waals surface area (Å²) in [7, 11) is 0. The Kier molecular flexibility index (Phi) is 4.80. The SMILES string of the molecule is CC1=C(C(=O)Nc2cc(C)ccc2C)[C@H](c2cccc3ccccc23)NC(=O)N1. The third-order valence-electron chi connectivity index (χ3n) is 5.29. The molecule has 4 rings (SSSR count). The van der Waals surface area contributed by atoms with Gasteiger partial charge in [-0.25, -0.2) is 4.79 Å². The average Bonchev–Trinajstić information content (AvgIpc) is 2.69. The van der Waals surface area contributed by atoms with Crippen molar-refractivity contribution in [1.29, 1.82) is 0 Å². The fraction of sp³-hybridized carbons (Fsp3) is 0.167. The molecule has 29 heavy (non-hydrogen) atoms. The molecule has 1 atom stereocenters. The summed E-state index contributed by atoms with van der Waals surface area (Å²) in [5, 5.41) is 10.8. The second kappa shape index (κ2) is 7.43. The van der Waals surface area contributed by atoms with Gasteiger partial charge in [0.15, 0.2) is 0 Å². The summed E-state index contributed by atoms with van der Waals surface area (Å²) in [5.74, 6) is -0.235. The maximum absolute atomic E-state index is 13.3. The van der Waals surface area contributed by atoms with Crippen LogP contribution in [0.25, 0.3) is 10.8 Å². The largest absolute Gasteiger partial charge is 0.327 e. The number of allylic oxidation sites excluding steroid dienone is 1. The van der Waals surface area contributed by atoms with Crippen molar-refractivity contribution in [3.8, 4) is 0 Å². The number of carbonyl (C=O) groups excluding carboxylic acids is 2. The second-order valence-corrected chi connectivity index (χ2v) is 7.41. The van der Waals surface area contributed by atoms with Crippen molar-refractivity contribution >= 4 is 28.4 Å². The van der Waals surface area contributed by atoms with Gasteiger partial charge < -0.3 is 16.0 Å². The Morgan fingerprint density at radius 3 is 2.55 bits per heavy atom. The molecule has 3 aromatic rings. The first-order valence-corrected chi connectivity index (χ1v) is 9.58. The third-order valence-corrected chi connectivity index (χ3v) is 5.29. The van der Waals surface area contributed by atoms with Crippen molar-refractivity contribution in [3.63, 3.8) is 0 Å². The number of fused-ring (bicyclic) bond motifs is 1. The van der Waals surface area contributed by atoms with Crippen LogP contribution in [0.2, 0.25) is 0 Å². The lowest BCUT2D eigenvalue weighted by molar-refractivity contribution is -0.113. The van der Waals surface area contributed by atoms with Gasteiger partial charge in [0.25, 0.3) is 5.91 Å². The first-order chi connectivity index (χ1) is 13.9. The molecule has 0 spiro atoms. The maximum Gasteiger partial charge on any atom is 0.319 e. The van der Waals surface area contributed by atoms with Crippen LogP contribution < -0.4 is 16.0 Å².